The third kappa shape index (κ3) is 3.17. The Morgan fingerprint density at radius 2 is 2.43 bits per heavy atom. The molecule has 1 spiro atoms. The number of alkyl carbamates (subject to hydrolysis) is 1. The first-order valence-corrected chi connectivity index (χ1v) is 7.39. The number of H-pyrrole nitrogens is 1. The van der Waals surface area contributed by atoms with Gasteiger partial charge < -0.3 is 15.0 Å². The van der Waals surface area contributed by atoms with Gasteiger partial charge in [0.2, 0.25) is 5.91 Å². The number of carbonyl (C=O) groups is 2. The van der Waals surface area contributed by atoms with Crippen LogP contribution in [0.3, 0.4) is 0 Å². The highest BCUT2D eigenvalue weighted by Crippen LogP contribution is 2.28. The van der Waals surface area contributed by atoms with Crippen LogP contribution < -0.4 is 5.32 Å². The molecule has 2 fully saturated rings. The van der Waals surface area contributed by atoms with Crippen molar-refractivity contribution in [2.45, 2.75) is 37.7 Å². The monoisotopic (exact) mass is 292 g/mol. The maximum atomic E-state index is 12.3. The summed E-state index contributed by atoms with van der Waals surface area (Å²) in [6, 6.07) is 0. The van der Waals surface area contributed by atoms with Crippen molar-refractivity contribution in [1.29, 1.82) is 0 Å². The second-order valence-electron chi connectivity index (χ2n) is 5.81. The summed E-state index contributed by atoms with van der Waals surface area (Å²) >= 11 is 0. The summed E-state index contributed by atoms with van der Waals surface area (Å²) in [4.78, 5) is 25.4. The van der Waals surface area contributed by atoms with E-state index in [0.717, 1.165) is 37.8 Å². The van der Waals surface area contributed by atoms with Gasteiger partial charge in [-0.3, -0.25) is 9.89 Å². The molecule has 0 bridgehead atoms. The van der Waals surface area contributed by atoms with Crippen molar-refractivity contribution >= 4 is 12.0 Å². The van der Waals surface area contributed by atoms with Crippen molar-refractivity contribution in [3.05, 3.63) is 18.0 Å². The number of ether oxygens (including phenoxy) is 1. The third-order valence-electron chi connectivity index (χ3n) is 4.17. The van der Waals surface area contributed by atoms with Crippen LogP contribution in [0.15, 0.2) is 12.4 Å². The number of nitrogens with one attached hydrogen (secondary N) is 2. The van der Waals surface area contributed by atoms with E-state index >= 15 is 0 Å². The number of carbonyl (C=O) groups excluding carboxylic acids is 2. The minimum atomic E-state index is -0.504. The Morgan fingerprint density at radius 3 is 3.14 bits per heavy atom. The van der Waals surface area contributed by atoms with Crippen LogP contribution in [0, 0.1) is 0 Å². The van der Waals surface area contributed by atoms with E-state index in [1.54, 1.807) is 6.20 Å². The van der Waals surface area contributed by atoms with Crippen LogP contribution in [0.4, 0.5) is 4.79 Å². The molecule has 1 aromatic rings. The van der Waals surface area contributed by atoms with Gasteiger partial charge in [-0.2, -0.15) is 5.10 Å². The smallest absolute Gasteiger partial charge is 0.407 e. The molecule has 0 aliphatic carbocycles. The quantitative estimate of drug-likeness (QED) is 0.860. The molecule has 1 aromatic heterocycles. The zero-order chi connectivity index (χ0) is 14.7. The Balaban J connectivity index is 1.49. The first-order chi connectivity index (χ1) is 10.2. The molecule has 2 saturated heterocycles. The average Bonchev–Trinajstić information content (AvgIpc) is 3.10. The predicted octanol–water partition coefficient (Wildman–Crippen LogP) is 0.833. The van der Waals surface area contributed by atoms with E-state index in [0.29, 0.717) is 19.5 Å². The summed E-state index contributed by atoms with van der Waals surface area (Å²) < 4.78 is 5.38. The minimum absolute atomic E-state index is 0.139. The number of likely N-dealkylation sites (tertiary alicyclic amines) is 1. The fourth-order valence-electron chi connectivity index (χ4n) is 3.06. The average molecular weight is 292 g/mol. The fourth-order valence-corrected chi connectivity index (χ4v) is 3.06. The standard InChI is InChI=1S/C14H20N4O3/c19-12(4-1-3-11-7-16-17-8-11)18-6-2-5-14(10-18)9-15-13(20)21-14/h7-8H,1-6,9-10H2,(H,15,20)(H,16,17). The second kappa shape index (κ2) is 5.75. The van der Waals surface area contributed by atoms with E-state index in [9.17, 15) is 9.59 Å². The van der Waals surface area contributed by atoms with Gasteiger partial charge in [-0.1, -0.05) is 0 Å². The van der Waals surface area contributed by atoms with Crippen LogP contribution in [0.2, 0.25) is 0 Å². The van der Waals surface area contributed by atoms with E-state index in [-0.39, 0.29) is 12.0 Å². The van der Waals surface area contributed by atoms with Gasteiger partial charge in [0.25, 0.3) is 0 Å². The van der Waals surface area contributed by atoms with Gasteiger partial charge in [0.15, 0.2) is 0 Å². The lowest BCUT2D eigenvalue weighted by Gasteiger charge is -2.38. The molecule has 0 radical (unpaired) electrons. The molecule has 0 aromatic carbocycles. The Morgan fingerprint density at radius 1 is 1.52 bits per heavy atom. The summed E-state index contributed by atoms with van der Waals surface area (Å²) in [5.74, 6) is 0.139. The number of amides is 2. The maximum Gasteiger partial charge on any atom is 0.407 e. The van der Waals surface area contributed by atoms with E-state index in [2.05, 4.69) is 15.5 Å². The number of hydrogen-bond acceptors (Lipinski definition) is 4. The molecule has 2 N–H and O–H groups in total. The molecule has 3 heterocycles. The molecule has 2 aliphatic rings. The van der Waals surface area contributed by atoms with Gasteiger partial charge in [-0.05, 0) is 31.2 Å². The lowest BCUT2D eigenvalue weighted by molar-refractivity contribution is -0.136. The molecule has 2 aliphatic heterocycles. The van der Waals surface area contributed by atoms with Gasteiger partial charge in [0.05, 0.1) is 19.3 Å². The first-order valence-electron chi connectivity index (χ1n) is 7.39. The summed E-state index contributed by atoms with van der Waals surface area (Å²) in [6.07, 6.45) is 7.13. The molecule has 114 valence electrons. The molecule has 1 unspecified atom stereocenters. The Bertz CT molecular complexity index is 516. The number of nitrogens with zero attached hydrogens (tertiary/aromatic N) is 2. The maximum absolute atomic E-state index is 12.3. The highest BCUT2D eigenvalue weighted by atomic mass is 16.6. The van der Waals surface area contributed by atoms with E-state index in [1.165, 1.54) is 0 Å². The molecule has 2 amide bonds. The molecule has 3 rings (SSSR count). The molecule has 1 atom stereocenters. The summed E-state index contributed by atoms with van der Waals surface area (Å²) in [7, 11) is 0. The van der Waals surface area contributed by atoms with Gasteiger partial charge in [0, 0.05) is 19.2 Å². The van der Waals surface area contributed by atoms with Crippen molar-refractivity contribution < 1.29 is 14.3 Å². The van der Waals surface area contributed by atoms with Crippen molar-refractivity contribution in [2.75, 3.05) is 19.6 Å². The zero-order valence-corrected chi connectivity index (χ0v) is 11.9. The summed E-state index contributed by atoms with van der Waals surface area (Å²) in [6.45, 7) is 1.77. The third-order valence-corrected chi connectivity index (χ3v) is 4.17. The first kappa shape index (κ1) is 13.9. The number of piperidine rings is 1. The summed E-state index contributed by atoms with van der Waals surface area (Å²) in [5, 5.41) is 9.35. The highest BCUT2D eigenvalue weighted by Gasteiger charge is 2.44. The molecule has 21 heavy (non-hydrogen) atoms. The van der Waals surface area contributed by atoms with Crippen molar-refractivity contribution in [1.82, 2.24) is 20.4 Å². The van der Waals surface area contributed by atoms with E-state index < -0.39 is 5.60 Å². The van der Waals surface area contributed by atoms with Crippen LogP contribution in [0.5, 0.6) is 0 Å². The number of rotatable bonds is 4. The zero-order valence-electron chi connectivity index (χ0n) is 11.9. The van der Waals surface area contributed by atoms with Gasteiger partial charge in [0.1, 0.15) is 5.60 Å². The second-order valence-corrected chi connectivity index (χ2v) is 5.81. The van der Waals surface area contributed by atoms with Crippen LogP contribution in [-0.4, -0.2) is 52.3 Å². The SMILES string of the molecule is O=C1NCC2(CCCN(C(=O)CCCc3cn[nH]c3)C2)O1. The minimum Gasteiger partial charge on any atom is -0.439 e. The van der Waals surface area contributed by atoms with Crippen molar-refractivity contribution in [3.63, 3.8) is 0 Å². The highest BCUT2D eigenvalue weighted by molar-refractivity contribution is 5.77. The van der Waals surface area contributed by atoms with Crippen molar-refractivity contribution in [3.8, 4) is 0 Å². The van der Waals surface area contributed by atoms with Crippen LogP contribution in [-0.2, 0) is 16.0 Å². The van der Waals surface area contributed by atoms with E-state index in [1.807, 2.05) is 11.1 Å². The van der Waals surface area contributed by atoms with Crippen LogP contribution in [0.25, 0.3) is 0 Å². The molecular weight excluding hydrogens is 272 g/mol. The molecular formula is C14H20N4O3. The number of hydrogen-bond donors (Lipinski definition) is 2. The van der Waals surface area contributed by atoms with Crippen LogP contribution in [0.1, 0.15) is 31.2 Å². The number of aryl methyl sites for hydroxylation is 1. The Hall–Kier alpha value is -2.05. The fraction of sp³-hybridized carbons (Fsp3) is 0.643. The largest absolute Gasteiger partial charge is 0.439 e. The Labute approximate surface area is 123 Å². The molecule has 7 nitrogen and oxygen atoms in total. The number of aromatic nitrogens is 2. The van der Waals surface area contributed by atoms with Crippen molar-refractivity contribution in [2.24, 2.45) is 0 Å². The normalized spacial score (nSPS) is 25.0. The topological polar surface area (TPSA) is 87.3 Å². The predicted molar refractivity (Wildman–Crippen MR) is 74.6 cm³/mol. The Kier molecular flexibility index (Phi) is 3.81. The number of aromatic amines is 1. The molecule has 7 heteroatoms. The summed E-state index contributed by atoms with van der Waals surface area (Å²) in [5.41, 5.74) is 0.613. The van der Waals surface area contributed by atoms with Gasteiger partial charge in [-0.15, -0.1) is 0 Å². The lowest BCUT2D eigenvalue weighted by atomic mass is 9.92. The lowest BCUT2D eigenvalue weighted by Crippen LogP contribution is -2.52. The van der Waals surface area contributed by atoms with Gasteiger partial charge >= 0.3 is 6.09 Å². The van der Waals surface area contributed by atoms with E-state index in [4.69, 9.17) is 4.74 Å². The van der Waals surface area contributed by atoms with Crippen LogP contribution >= 0.6 is 0 Å². The molecule has 0 saturated carbocycles. The van der Waals surface area contributed by atoms with Gasteiger partial charge in [-0.25, -0.2) is 4.79 Å².